The molecule has 0 aliphatic rings. The van der Waals surface area contributed by atoms with Gasteiger partial charge in [0.15, 0.2) is 0 Å². The molecular weight excluding hydrogens is 243 g/mol. The van der Waals surface area contributed by atoms with Crippen LogP contribution in [0.2, 0.25) is 0 Å². The van der Waals surface area contributed by atoms with Crippen LogP contribution >= 0.6 is 0 Å². The molecule has 0 saturated carbocycles. The van der Waals surface area contributed by atoms with Gasteiger partial charge in [-0.25, -0.2) is 0 Å². The van der Waals surface area contributed by atoms with E-state index in [9.17, 15) is 13.2 Å². The average molecular weight is 259 g/mol. The lowest BCUT2D eigenvalue weighted by molar-refractivity contribution is -0.0856. The SMILES string of the molecule is C=CC(=C)N=C/C(=C\C(CN)=C(/C)N)C(F)(F)F. The van der Waals surface area contributed by atoms with Crippen LogP contribution in [0.5, 0.6) is 0 Å². The lowest BCUT2D eigenvalue weighted by Gasteiger charge is -2.09. The highest BCUT2D eigenvalue weighted by atomic mass is 19.4. The molecule has 0 aliphatic carbocycles. The van der Waals surface area contributed by atoms with Crippen LogP contribution in [-0.4, -0.2) is 18.9 Å². The van der Waals surface area contributed by atoms with Gasteiger partial charge < -0.3 is 11.5 Å². The summed E-state index contributed by atoms with van der Waals surface area (Å²) in [7, 11) is 0. The van der Waals surface area contributed by atoms with Crippen LogP contribution in [0, 0.1) is 0 Å². The van der Waals surface area contributed by atoms with Crippen molar-refractivity contribution in [2.24, 2.45) is 16.5 Å². The molecule has 6 heteroatoms. The lowest BCUT2D eigenvalue weighted by atomic mass is 10.1. The summed E-state index contributed by atoms with van der Waals surface area (Å²) in [6.45, 7) is 8.13. The molecular formula is C12H16F3N3. The third-order valence-electron chi connectivity index (χ3n) is 1.99. The Balaban J connectivity index is 5.46. The summed E-state index contributed by atoms with van der Waals surface area (Å²) in [6.07, 6.45) is -1.75. The van der Waals surface area contributed by atoms with Crippen LogP contribution in [0.4, 0.5) is 13.2 Å². The topological polar surface area (TPSA) is 64.4 Å². The minimum Gasteiger partial charge on any atom is -0.402 e. The zero-order valence-electron chi connectivity index (χ0n) is 10.1. The van der Waals surface area contributed by atoms with E-state index in [0.717, 1.165) is 6.08 Å². The van der Waals surface area contributed by atoms with E-state index in [1.165, 1.54) is 13.0 Å². The van der Waals surface area contributed by atoms with Crippen molar-refractivity contribution in [1.29, 1.82) is 0 Å². The van der Waals surface area contributed by atoms with Gasteiger partial charge in [-0.15, -0.1) is 0 Å². The summed E-state index contributed by atoms with van der Waals surface area (Å²) in [5.41, 5.74) is 10.4. The van der Waals surface area contributed by atoms with Crippen molar-refractivity contribution in [3.63, 3.8) is 0 Å². The maximum Gasteiger partial charge on any atom is 0.417 e. The van der Waals surface area contributed by atoms with E-state index in [-0.39, 0.29) is 23.5 Å². The smallest absolute Gasteiger partial charge is 0.402 e. The fourth-order valence-corrected chi connectivity index (χ4v) is 0.919. The molecule has 100 valence electrons. The summed E-state index contributed by atoms with van der Waals surface area (Å²) >= 11 is 0. The second kappa shape index (κ2) is 6.80. The molecule has 3 nitrogen and oxygen atoms in total. The molecule has 4 N–H and O–H groups in total. The van der Waals surface area contributed by atoms with Crippen molar-refractivity contribution in [3.8, 4) is 0 Å². The number of hydrogen-bond acceptors (Lipinski definition) is 3. The van der Waals surface area contributed by atoms with Gasteiger partial charge >= 0.3 is 6.18 Å². The van der Waals surface area contributed by atoms with Crippen molar-refractivity contribution in [1.82, 2.24) is 0 Å². The average Bonchev–Trinajstić information content (AvgIpc) is 2.26. The van der Waals surface area contributed by atoms with Crippen LogP contribution in [-0.2, 0) is 0 Å². The number of rotatable bonds is 5. The third kappa shape index (κ3) is 5.49. The van der Waals surface area contributed by atoms with E-state index in [1.807, 2.05) is 0 Å². The highest BCUT2D eigenvalue weighted by molar-refractivity contribution is 5.82. The molecule has 0 fully saturated rings. The molecule has 0 aromatic carbocycles. The maximum absolute atomic E-state index is 12.7. The summed E-state index contributed by atoms with van der Waals surface area (Å²) in [4.78, 5) is 3.53. The van der Waals surface area contributed by atoms with Gasteiger partial charge in [0, 0.05) is 18.5 Å². The molecule has 0 aliphatic heterocycles. The number of aliphatic imine (C=N–C) groups is 1. The minimum absolute atomic E-state index is 0.0852. The number of allylic oxidation sites excluding steroid dienone is 3. The Morgan fingerprint density at radius 2 is 1.94 bits per heavy atom. The summed E-state index contributed by atoms with van der Waals surface area (Å²) < 4.78 is 38.1. The van der Waals surface area contributed by atoms with Crippen molar-refractivity contribution >= 4 is 6.21 Å². The van der Waals surface area contributed by atoms with Gasteiger partial charge in [0.2, 0.25) is 0 Å². The van der Waals surface area contributed by atoms with Crippen molar-refractivity contribution in [2.45, 2.75) is 13.1 Å². The van der Waals surface area contributed by atoms with E-state index in [0.29, 0.717) is 6.21 Å². The minimum atomic E-state index is -4.54. The van der Waals surface area contributed by atoms with Crippen LogP contribution in [0.15, 0.2) is 52.8 Å². The molecule has 0 aromatic rings. The Morgan fingerprint density at radius 3 is 2.28 bits per heavy atom. The van der Waals surface area contributed by atoms with Gasteiger partial charge in [-0.2, -0.15) is 13.2 Å². The monoisotopic (exact) mass is 259 g/mol. The largest absolute Gasteiger partial charge is 0.417 e. The van der Waals surface area contributed by atoms with Crippen LogP contribution in [0.1, 0.15) is 6.92 Å². The van der Waals surface area contributed by atoms with Crippen LogP contribution in [0.3, 0.4) is 0 Å². The van der Waals surface area contributed by atoms with Gasteiger partial charge in [-0.1, -0.05) is 13.2 Å². The Kier molecular flexibility index (Phi) is 6.12. The molecule has 0 spiro atoms. The van der Waals surface area contributed by atoms with E-state index in [4.69, 9.17) is 11.5 Å². The van der Waals surface area contributed by atoms with Crippen LogP contribution in [0.25, 0.3) is 0 Å². The van der Waals surface area contributed by atoms with Crippen molar-refractivity contribution in [2.75, 3.05) is 6.54 Å². The third-order valence-corrected chi connectivity index (χ3v) is 1.99. The fraction of sp³-hybridized carbons (Fsp3) is 0.250. The first kappa shape index (κ1) is 16.2. The van der Waals surface area contributed by atoms with Gasteiger partial charge in [0.05, 0.1) is 11.3 Å². The Hall–Kier alpha value is -1.82. The molecule has 0 saturated heterocycles. The maximum atomic E-state index is 12.7. The summed E-state index contributed by atoms with van der Waals surface area (Å²) in [5.74, 6) is 0. The standard InChI is InChI=1S/C12H16F3N3/c1-4-8(2)18-7-11(12(13,14)15)5-10(6-16)9(3)17/h4-5,7H,1-2,6,16-17H2,3H3/b10-9-,11-5+,18-7?. The molecule has 0 unspecified atom stereocenters. The van der Waals surface area contributed by atoms with Crippen molar-refractivity contribution < 1.29 is 13.2 Å². The first-order valence-corrected chi connectivity index (χ1v) is 5.02. The van der Waals surface area contributed by atoms with Gasteiger partial charge in [0.1, 0.15) is 0 Å². The number of nitrogens with two attached hydrogens (primary N) is 2. The molecule has 0 rings (SSSR count). The quantitative estimate of drug-likeness (QED) is 0.588. The number of nitrogens with zero attached hydrogens (tertiary/aromatic N) is 1. The first-order chi connectivity index (χ1) is 8.22. The second-order valence-electron chi connectivity index (χ2n) is 3.46. The predicted molar refractivity (Wildman–Crippen MR) is 67.9 cm³/mol. The molecule has 0 amide bonds. The van der Waals surface area contributed by atoms with Gasteiger partial charge in [0.25, 0.3) is 0 Å². The molecule has 18 heavy (non-hydrogen) atoms. The number of halogens is 3. The number of alkyl halides is 3. The first-order valence-electron chi connectivity index (χ1n) is 5.02. The Bertz CT molecular complexity index is 411. The summed E-state index contributed by atoms with van der Waals surface area (Å²) in [5, 5.41) is 0. The zero-order valence-corrected chi connectivity index (χ0v) is 10.1. The van der Waals surface area contributed by atoms with Crippen LogP contribution < -0.4 is 11.5 Å². The van der Waals surface area contributed by atoms with E-state index in [2.05, 4.69) is 18.2 Å². The molecule has 0 atom stereocenters. The van der Waals surface area contributed by atoms with E-state index >= 15 is 0 Å². The van der Waals surface area contributed by atoms with E-state index in [1.54, 1.807) is 0 Å². The molecule has 0 aromatic heterocycles. The zero-order chi connectivity index (χ0) is 14.3. The highest BCUT2D eigenvalue weighted by Crippen LogP contribution is 2.25. The highest BCUT2D eigenvalue weighted by Gasteiger charge is 2.32. The lowest BCUT2D eigenvalue weighted by Crippen LogP contribution is -2.16. The van der Waals surface area contributed by atoms with Gasteiger partial charge in [-0.05, 0) is 24.6 Å². The summed E-state index contributed by atoms with van der Waals surface area (Å²) in [6, 6.07) is 0. The normalized spacial score (nSPS) is 14.6. The Labute approximate surface area is 104 Å². The van der Waals surface area contributed by atoms with Crippen molar-refractivity contribution in [3.05, 3.63) is 47.9 Å². The predicted octanol–water partition coefficient (Wildman–Crippen LogP) is 2.44. The van der Waals surface area contributed by atoms with Gasteiger partial charge in [-0.3, -0.25) is 4.99 Å². The van der Waals surface area contributed by atoms with E-state index < -0.39 is 11.7 Å². The fourth-order valence-electron chi connectivity index (χ4n) is 0.919. The molecule has 0 bridgehead atoms. The molecule has 0 radical (unpaired) electrons. The Morgan fingerprint density at radius 1 is 1.39 bits per heavy atom. The second-order valence-corrected chi connectivity index (χ2v) is 3.46. The number of hydrogen-bond donors (Lipinski definition) is 2. The molecule has 0 heterocycles.